The Balaban J connectivity index is 1.45. The molecule has 136 valence electrons. The highest BCUT2D eigenvalue weighted by atomic mass is 16.5. The van der Waals surface area contributed by atoms with Crippen LogP contribution in [0.5, 0.6) is 11.5 Å². The van der Waals surface area contributed by atoms with Gasteiger partial charge in [-0.3, -0.25) is 9.59 Å². The number of benzene rings is 2. The van der Waals surface area contributed by atoms with Crippen LogP contribution >= 0.6 is 0 Å². The van der Waals surface area contributed by atoms with E-state index in [4.69, 9.17) is 9.47 Å². The molecule has 0 bridgehead atoms. The number of hydrogen-bond acceptors (Lipinski definition) is 4. The summed E-state index contributed by atoms with van der Waals surface area (Å²) >= 11 is 0. The fraction of sp³-hybridized carbons (Fsp3) is 0.300. The molecular formula is C20H22N2O4. The smallest absolute Gasteiger partial charge is 0.251 e. The number of carbonyl (C=O) groups is 2. The van der Waals surface area contributed by atoms with E-state index < -0.39 is 0 Å². The minimum absolute atomic E-state index is 0.137. The number of amides is 2. The average molecular weight is 354 g/mol. The van der Waals surface area contributed by atoms with Crippen molar-refractivity contribution in [2.24, 2.45) is 0 Å². The van der Waals surface area contributed by atoms with Gasteiger partial charge in [-0.25, -0.2) is 0 Å². The molecule has 0 unspecified atom stereocenters. The van der Waals surface area contributed by atoms with E-state index in [1.807, 2.05) is 36.4 Å². The van der Waals surface area contributed by atoms with Crippen molar-refractivity contribution in [1.82, 2.24) is 5.32 Å². The fourth-order valence-electron chi connectivity index (χ4n) is 2.82. The average Bonchev–Trinajstić information content (AvgIpc) is 3.11. The van der Waals surface area contributed by atoms with Crippen molar-refractivity contribution < 1.29 is 19.1 Å². The van der Waals surface area contributed by atoms with Crippen LogP contribution in [-0.4, -0.2) is 38.6 Å². The van der Waals surface area contributed by atoms with Crippen LogP contribution in [-0.2, 0) is 4.79 Å². The van der Waals surface area contributed by atoms with Crippen molar-refractivity contribution in [3.05, 3.63) is 54.1 Å². The van der Waals surface area contributed by atoms with E-state index in [0.29, 0.717) is 25.1 Å². The molecule has 0 saturated carbocycles. The maximum atomic E-state index is 12.2. The van der Waals surface area contributed by atoms with Crippen LogP contribution < -0.4 is 19.7 Å². The van der Waals surface area contributed by atoms with Crippen molar-refractivity contribution in [3.8, 4) is 11.5 Å². The zero-order valence-electron chi connectivity index (χ0n) is 14.7. The number of ether oxygens (including phenoxy) is 2. The topological polar surface area (TPSA) is 67.9 Å². The predicted molar refractivity (Wildman–Crippen MR) is 98.9 cm³/mol. The van der Waals surface area contributed by atoms with Crippen LogP contribution in [0.4, 0.5) is 5.69 Å². The third-order valence-electron chi connectivity index (χ3n) is 4.23. The Labute approximate surface area is 152 Å². The Morgan fingerprint density at radius 1 is 1.08 bits per heavy atom. The molecule has 0 aromatic heterocycles. The third kappa shape index (κ3) is 4.33. The molecule has 0 aliphatic carbocycles. The van der Waals surface area contributed by atoms with Gasteiger partial charge < -0.3 is 19.7 Å². The molecule has 6 heteroatoms. The Morgan fingerprint density at radius 3 is 2.38 bits per heavy atom. The van der Waals surface area contributed by atoms with E-state index in [0.717, 1.165) is 30.2 Å². The van der Waals surface area contributed by atoms with Crippen molar-refractivity contribution in [3.63, 3.8) is 0 Å². The molecule has 1 heterocycles. The largest absolute Gasteiger partial charge is 0.497 e. The summed E-state index contributed by atoms with van der Waals surface area (Å²) < 4.78 is 10.7. The molecule has 3 rings (SSSR count). The molecule has 2 amide bonds. The summed E-state index contributed by atoms with van der Waals surface area (Å²) in [5, 5.41) is 2.82. The highest BCUT2D eigenvalue weighted by molar-refractivity contribution is 5.97. The molecule has 6 nitrogen and oxygen atoms in total. The van der Waals surface area contributed by atoms with E-state index in [1.54, 1.807) is 24.1 Å². The lowest BCUT2D eigenvalue weighted by atomic mass is 10.2. The molecule has 0 spiro atoms. The predicted octanol–water partition coefficient (Wildman–Crippen LogP) is 2.63. The number of methoxy groups -OCH3 is 1. The first kappa shape index (κ1) is 17.8. The number of nitrogens with zero attached hydrogens (tertiary/aromatic N) is 1. The van der Waals surface area contributed by atoms with Gasteiger partial charge in [-0.1, -0.05) is 0 Å². The highest BCUT2D eigenvalue weighted by Gasteiger charge is 2.21. The quantitative estimate of drug-likeness (QED) is 0.776. The number of carbonyl (C=O) groups excluding carboxylic acids is 2. The van der Waals surface area contributed by atoms with Gasteiger partial charge in [-0.05, 0) is 55.0 Å². The molecule has 1 fully saturated rings. The molecule has 0 radical (unpaired) electrons. The molecule has 0 atom stereocenters. The van der Waals surface area contributed by atoms with Crippen LogP contribution in [0.1, 0.15) is 23.2 Å². The van der Waals surface area contributed by atoms with Gasteiger partial charge in [0.15, 0.2) is 0 Å². The number of rotatable bonds is 7. The Bertz CT molecular complexity index is 756. The van der Waals surface area contributed by atoms with Crippen molar-refractivity contribution in [2.75, 3.05) is 31.7 Å². The van der Waals surface area contributed by atoms with Gasteiger partial charge in [0.1, 0.15) is 18.1 Å². The molecule has 1 aliphatic rings. The lowest BCUT2D eigenvalue weighted by Gasteiger charge is -2.15. The first-order chi connectivity index (χ1) is 12.7. The summed E-state index contributed by atoms with van der Waals surface area (Å²) in [5.41, 5.74) is 1.40. The fourth-order valence-corrected chi connectivity index (χ4v) is 2.82. The Morgan fingerprint density at radius 2 is 1.77 bits per heavy atom. The monoisotopic (exact) mass is 354 g/mol. The second-order valence-corrected chi connectivity index (χ2v) is 5.98. The number of nitrogens with one attached hydrogen (secondary N) is 1. The van der Waals surface area contributed by atoms with Crippen LogP contribution in [0.25, 0.3) is 0 Å². The van der Waals surface area contributed by atoms with Crippen LogP contribution in [0.3, 0.4) is 0 Å². The van der Waals surface area contributed by atoms with E-state index >= 15 is 0 Å². The van der Waals surface area contributed by atoms with E-state index in [9.17, 15) is 9.59 Å². The minimum atomic E-state index is -0.164. The van der Waals surface area contributed by atoms with Crippen molar-refractivity contribution in [1.29, 1.82) is 0 Å². The zero-order valence-corrected chi connectivity index (χ0v) is 14.7. The maximum Gasteiger partial charge on any atom is 0.251 e. The van der Waals surface area contributed by atoms with Gasteiger partial charge in [0.2, 0.25) is 5.91 Å². The minimum Gasteiger partial charge on any atom is -0.497 e. The lowest BCUT2D eigenvalue weighted by Crippen LogP contribution is -2.28. The van der Waals surface area contributed by atoms with Gasteiger partial charge in [0, 0.05) is 24.2 Å². The van der Waals surface area contributed by atoms with E-state index in [-0.39, 0.29) is 11.8 Å². The number of anilines is 1. The summed E-state index contributed by atoms with van der Waals surface area (Å²) in [6, 6.07) is 14.4. The van der Waals surface area contributed by atoms with E-state index in [2.05, 4.69) is 5.32 Å². The first-order valence-corrected chi connectivity index (χ1v) is 8.63. The number of hydrogen-bond donors (Lipinski definition) is 1. The zero-order chi connectivity index (χ0) is 18.4. The highest BCUT2D eigenvalue weighted by Crippen LogP contribution is 2.21. The molecule has 1 aliphatic heterocycles. The second-order valence-electron chi connectivity index (χ2n) is 5.98. The Kier molecular flexibility index (Phi) is 5.73. The summed E-state index contributed by atoms with van der Waals surface area (Å²) in [6.07, 6.45) is 1.48. The van der Waals surface area contributed by atoms with Gasteiger partial charge in [0.25, 0.3) is 5.91 Å². The Hall–Kier alpha value is -3.02. The van der Waals surface area contributed by atoms with Gasteiger partial charge in [-0.15, -0.1) is 0 Å². The summed E-state index contributed by atoms with van der Waals surface area (Å²) in [4.78, 5) is 25.7. The standard InChI is InChI=1S/C20H22N2O4/c1-25-17-8-10-18(11-9-17)26-14-12-21-20(24)15-4-6-16(7-5-15)22-13-2-3-19(22)23/h4-11H,2-3,12-14H2,1H3,(H,21,24). The second kappa shape index (κ2) is 8.38. The van der Waals surface area contributed by atoms with Crippen LogP contribution in [0, 0.1) is 0 Å². The summed E-state index contributed by atoms with van der Waals surface area (Å²) in [6.45, 7) is 1.52. The maximum absolute atomic E-state index is 12.2. The molecule has 1 N–H and O–H groups in total. The molecule has 2 aromatic carbocycles. The summed E-state index contributed by atoms with van der Waals surface area (Å²) in [7, 11) is 1.61. The molecule has 1 saturated heterocycles. The SMILES string of the molecule is COc1ccc(OCCNC(=O)c2ccc(N3CCCC3=O)cc2)cc1. The van der Waals surface area contributed by atoms with Gasteiger partial charge in [0.05, 0.1) is 13.7 Å². The summed E-state index contributed by atoms with van der Waals surface area (Å²) in [5.74, 6) is 1.46. The van der Waals surface area contributed by atoms with Crippen LogP contribution in [0.2, 0.25) is 0 Å². The molecule has 2 aromatic rings. The first-order valence-electron chi connectivity index (χ1n) is 8.63. The van der Waals surface area contributed by atoms with E-state index in [1.165, 1.54) is 0 Å². The van der Waals surface area contributed by atoms with Crippen molar-refractivity contribution >= 4 is 17.5 Å². The normalized spacial score (nSPS) is 13.6. The van der Waals surface area contributed by atoms with Crippen molar-refractivity contribution in [2.45, 2.75) is 12.8 Å². The van der Waals surface area contributed by atoms with Gasteiger partial charge >= 0.3 is 0 Å². The lowest BCUT2D eigenvalue weighted by molar-refractivity contribution is -0.117. The molecule has 26 heavy (non-hydrogen) atoms. The van der Waals surface area contributed by atoms with Gasteiger partial charge in [-0.2, -0.15) is 0 Å². The third-order valence-corrected chi connectivity index (χ3v) is 4.23. The van der Waals surface area contributed by atoms with Crippen LogP contribution in [0.15, 0.2) is 48.5 Å². The molecular weight excluding hydrogens is 332 g/mol.